The van der Waals surface area contributed by atoms with Crippen molar-refractivity contribution >= 4 is 22.6 Å². The van der Waals surface area contributed by atoms with Crippen molar-refractivity contribution in [3.63, 3.8) is 0 Å². The molecule has 1 atom stereocenters. The highest BCUT2D eigenvalue weighted by molar-refractivity contribution is 5.91. The second-order valence-corrected chi connectivity index (χ2v) is 7.45. The largest absolute Gasteiger partial charge is 0.497 e. The van der Waals surface area contributed by atoms with Gasteiger partial charge in [0, 0.05) is 55.1 Å². The molecule has 0 aliphatic rings. The summed E-state index contributed by atoms with van der Waals surface area (Å²) < 4.78 is 12.7. The van der Waals surface area contributed by atoms with E-state index in [1.807, 2.05) is 37.5 Å². The van der Waals surface area contributed by atoms with Crippen LogP contribution in [0.1, 0.15) is 17.0 Å². The molecule has 32 heavy (non-hydrogen) atoms. The average Bonchev–Trinajstić information content (AvgIpc) is 3.16. The molecule has 0 radical (unpaired) electrons. The molecule has 2 amide bonds. The van der Waals surface area contributed by atoms with E-state index in [1.165, 1.54) is 0 Å². The molecule has 2 N–H and O–H groups in total. The van der Waals surface area contributed by atoms with E-state index in [0.717, 1.165) is 22.0 Å². The summed E-state index contributed by atoms with van der Waals surface area (Å²) >= 11 is 0. The van der Waals surface area contributed by atoms with Crippen molar-refractivity contribution < 1.29 is 14.3 Å². The number of amides is 2. The molecule has 0 fully saturated rings. The lowest BCUT2D eigenvalue weighted by Gasteiger charge is -2.18. The topological polar surface area (TPSA) is 77.4 Å². The fourth-order valence-electron chi connectivity index (χ4n) is 3.90. The van der Waals surface area contributed by atoms with Crippen molar-refractivity contribution in [2.45, 2.75) is 5.92 Å². The number of aromatic nitrogens is 2. The Hall–Kier alpha value is -4.00. The van der Waals surface area contributed by atoms with Crippen LogP contribution in [0.2, 0.25) is 0 Å². The van der Waals surface area contributed by atoms with E-state index >= 15 is 0 Å². The first kappa shape index (κ1) is 21.2. The fraction of sp³-hybridized carbons (Fsp3) is 0.200. The standard InChI is InChI=1S/C25H26N4O3/c1-29-16-21(19-8-4-5-9-23(19)29)20(17-7-6-12-26-14-17)15-27-25(30)28-22-11-10-18(31-2)13-24(22)32-3/h4-14,16,20H,15H2,1-3H3,(H2,27,28,30)/t20-/m0/s1. The van der Waals surface area contributed by atoms with E-state index in [9.17, 15) is 4.79 Å². The summed E-state index contributed by atoms with van der Waals surface area (Å²) in [7, 11) is 5.17. The number of pyridine rings is 1. The fourth-order valence-corrected chi connectivity index (χ4v) is 3.90. The molecule has 0 aliphatic heterocycles. The zero-order valence-corrected chi connectivity index (χ0v) is 18.3. The monoisotopic (exact) mass is 430 g/mol. The lowest BCUT2D eigenvalue weighted by atomic mass is 9.92. The second kappa shape index (κ2) is 9.43. The molecule has 4 aromatic rings. The molecule has 7 heteroatoms. The van der Waals surface area contributed by atoms with E-state index in [-0.39, 0.29) is 11.9 Å². The Morgan fingerprint density at radius 3 is 2.69 bits per heavy atom. The predicted molar refractivity (Wildman–Crippen MR) is 126 cm³/mol. The zero-order chi connectivity index (χ0) is 22.5. The van der Waals surface area contributed by atoms with Gasteiger partial charge in [0.25, 0.3) is 0 Å². The van der Waals surface area contributed by atoms with Gasteiger partial charge in [0.15, 0.2) is 0 Å². The zero-order valence-electron chi connectivity index (χ0n) is 18.3. The normalized spacial score (nSPS) is 11.7. The maximum Gasteiger partial charge on any atom is 0.319 e. The van der Waals surface area contributed by atoms with Gasteiger partial charge in [0.05, 0.1) is 19.9 Å². The molecule has 2 aromatic carbocycles. The quantitative estimate of drug-likeness (QED) is 0.451. The summed E-state index contributed by atoms with van der Waals surface area (Å²) in [6.45, 7) is 0.407. The van der Waals surface area contributed by atoms with Crippen LogP contribution in [0.15, 0.2) is 73.2 Å². The lowest BCUT2D eigenvalue weighted by molar-refractivity contribution is 0.251. The molecule has 2 aromatic heterocycles. The number of methoxy groups -OCH3 is 2. The Morgan fingerprint density at radius 2 is 1.94 bits per heavy atom. The number of nitrogens with one attached hydrogen (secondary N) is 2. The number of benzene rings is 2. The van der Waals surface area contributed by atoms with Gasteiger partial charge in [-0.2, -0.15) is 0 Å². The van der Waals surface area contributed by atoms with Crippen molar-refractivity contribution in [3.8, 4) is 11.5 Å². The highest BCUT2D eigenvalue weighted by Crippen LogP contribution is 2.32. The number of para-hydroxylation sites is 1. The number of anilines is 1. The third-order valence-electron chi connectivity index (χ3n) is 5.51. The lowest BCUT2D eigenvalue weighted by Crippen LogP contribution is -2.32. The Morgan fingerprint density at radius 1 is 1.09 bits per heavy atom. The Kier molecular flexibility index (Phi) is 6.26. The van der Waals surface area contributed by atoms with Gasteiger partial charge in [-0.15, -0.1) is 0 Å². The number of urea groups is 1. The van der Waals surface area contributed by atoms with Gasteiger partial charge < -0.3 is 24.7 Å². The predicted octanol–water partition coefficient (Wildman–Crippen LogP) is 4.54. The summed E-state index contributed by atoms with van der Waals surface area (Å²) in [6.07, 6.45) is 5.71. The molecule has 2 heterocycles. The molecule has 0 unspecified atom stereocenters. The van der Waals surface area contributed by atoms with Gasteiger partial charge in [-0.25, -0.2) is 4.79 Å². The first-order valence-corrected chi connectivity index (χ1v) is 10.3. The number of hydrogen-bond donors (Lipinski definition) is 2. The maximum atomic E-state index is 12.7. The van der Waals surface area contributed by atoms with E-state index in [4.69, 9.17) is 9.47 Å². The molecule has 0 saturated heterocycles. The number of aryl methyl sites for hydroxylation is 1. The van der Waals surface area contributed by atoms with Crippen LogP contribution in [0.5, 0.6) is 11.5 Å². The van der Waals surface area contributed by atoms with Crippen molar-refractivity contribution in [3.05, 3.63) is 84.3 Å². The summed E-state index contributed by atoms with van der Waals surface area (Å²) in [5, 5.41) is 7.03. The Labute approximate surface area is 187 Å². The average molecular weight is 431 g/mol. The summed E-state index contributed by atoms with van der Waals surface area (Å²) in [5.41, 5.74) is 3.88. The van der Waals surface area contributed by atoms with E-state index in [0.29, 0.717) is 23.7 Å². The first-order valence-electron chi connectivity index (χ1n) is 10.3. The summed E-state index contributed by atoms with van der Waals surface area (Å²) in [4.78, 5) is 17.0. The van der Waals surface area contributed by atoms with Gasteiger partial charge in [-0.3, -0.25) is 4.98 Å². The highest BCUT2D eigenvalue weighted by Gasteiger charge is 2.20. The minimum absolute atomic E-state index is 0.0571. The molecule has 7 nitrogen and oxygen atoms in total. The van der Waals surface area contributed by atoms with Crippen LogP contribution in [0, 0.1) is 0 Å². The van der Waals surface area contributed by atoms with Crippen molar-refractivity contribution in [1.82, 2.24) is 14.9 Å². The van der Waals surface area contributed by atoms with Crippen LogP contribution >= 0.6 is 0 Å². The number of nitrogens with zero attached hydrogens (tertiary/aromatic N) is 2. The molecular weight excluding hydrogens is 404 g/mol. The number of rotatable bonds is 7. The van der Waals surface area contributed by atoms with Crippen LogP contribution in [-0.2, 0) is 7.05 Å². The Bertz CT molecular complexity index is 1220. The Balaban J connectivity index is 1.57. The van der Waals surface area contributed by atoms with Gasteiger partial charge in [0.1, 0.15) is 11.5 Å². The maximum absolute atomic E-state index is 12.7. The number of carbonyl (C=O) groups excluding carboxylic acids is 1. The van der Waals surface area contributed by atoms with Crippen LogP contribution in [-0.4, -0.2) is 36.3 Å². The van der Waals surface area contributed by atoms with Crippen LogP contribution in [0.4, 0.5) is 10.5 Å². The van der Waals surface area contributed by atoms with Crippen molar-refractivity contribution in [1.29, 1.82) is 0 Å². The van der Waals surface area contributed by atoms with E-state index in [1.54, 1.807) is 38.6 Å². The number of fused-ring (bicyclic) bond motifs is 1. The minimum Gasteiger partial charge on any atom is -0.497 e. The number of hydrogen-bond acceptors (Lipinski definition) is 4. The third kappa shape index (κ3) is 4.37. The van der Waals surface area contributed by atoms with Crippen molar-refractivity contribution in [2.24, 2.45) is 7.05 Å². The first-order chi connectivity index (χ1) is 15.6. The van der Waals surface area contributed by atoms with Crippen LogP contribution < -0.4 is 20.1 Å². The van der Waals surface area contributed by atoms with Gasteiger partial charge in [-0.1, -0.05) is 24.3 Å². The van der Waals surface area contributed by atoms with Crippen molar-refractivity contribution in [2.75, 3.05) is 26.1 Å². The van der Waals surface area contributed by atoms with E-state index in [2.05, 4.69) is 38.5 Å². The molecule has 0 saturated carbocycles. The van der Waals surface area contributed by atoms with Gasteiger partial charge >= 0.3 is 6.03 Å². The van der Waals surface area contributed by atoms with Crippen LogP contribution in [0.3, 0.4) is 0 Å². The third-order valence-corrected chi connectivity index (χ3v) is 5.51. The SMILES string of the molecule is COc1ccc(NC(=O)NC[C@@H](c2cccnc2)c2cn(C)c3ccccc23)c(OC)c1. The molecule has 164 valence electrons. The highest BCUT2D eigenvalue weighted by atomic mass is 16.5. The van der Waals surface area contributed by atoms with E-state index < -0.39 is 0 Å². The molecule has 4 rings (SSSR count). The smallest absolute Gasteiger partial charge is 0.319 e. The minimum atomic E-state index is -0.317. The number of carbonyl (C=O) groups is 1. The van der Waals surface area contributed by atoms with Gasteiger partial charge in [0.2, 0.25) is 0 Å². The summed E-state index contributed by atoms with van der Waals surface area (Å²) in [6, 6.07) is 17.1. The molecule has 0 aliphatic carbocycles. The molecular formula is C25H26N4O3. The summed E-state index contributed by atoms with van der Waals surface area (Å²) in [5.74, 6) is 1.12. The molecule has 0 spiro atoms. The van der Waals surface area contributed by atoms with Crippen LogP contribution in [0.25, 0.3) is 10.9 Å². The number of ether oxygens (including phenoxy) is 2. The van der Waals surface area contributed by atoms with Gasteiger partial charge in [-0.05, 0) is 35.4 Å². The molecule has 0 bridgehead atoms. The second-order valence-electron chi connectivity index (χ2n) is 7.45.